The van der Waals surface area contributed by atoms with Crippen molar-refractivity contribution in [3.05, 3.63) is 35.4 Å². The first-order valence-electron chi connectivity index (χ1n) is 6.92. The minimum Gasteiger partial charge on any atom is -0.396 e. The van der Waals surface area contributed by atoms with Crippen LogP contribution in [0.1, 0.15) is 24.3 Å². The third kappa shape index (κ3) is 3.95. The van der Waals surface area contributed by atoms with E-state index in [1.54, 1.807) is 11.8 Å². The maximum absolute atomic E-state index is 13.7. The first kappa shape index (κ1) is 16.2. The van der Waals surface area contributed by atoms with Crippen LogP contribution in [0.3, 0.4) is 0 Å². The highest BCUT2D eigenvalue weighted by atomic mass is 32.2. The molecule has 0 saturated heterocycles. The van der Waals surface area contributed by atoms with Crippen LogP contribution in [0.2, 0.25) is 0 Å². The second-order valence-corrected chi connectivity index (χ2v) is 6.17. The lowest BCUT2D eigenvalue weighted by Gasteiger charge is -2.16. The Morgan fingerprint density at radius 1 is 1.48 bits per heavy atom. The molecule has 1 aromatic rings. The Morgan fingerprint density at radius 2 is 2.14 bits per heavy atom. The van der Waals surface area contributed by atoms with Crippen LogP contribution in [0.15, 0.2) is 18.2 Å². The second-order valence-electron chi connectivity index (χ2n) is 5.26. The first-order valence-corrected chi connectivity index (χ1v) is 8.32. The fourth-order valence-electron chi connectivity index (χ4n) is 2.53. The van der Waals surface area contributed by atoms with Crippen LogP contribution in [0, 0.1) is 17.6 Å². The maximum Gasteiger partial charge on any atom is 0.223 e. The van der Waals surface area contributed by atoms with Gasteiger partial charge in [-0.05, 0) is 31.2 Å². The summed E-state index contributed by atoms with van der Waals surface area (Å²) in [7, 11) is 0. The van der Waals surface area contributed by atoms with Crippen molar-refractivity contribution < 1.29 is 18.7 Å². The highest BCUT2D eigenvalue weighted by molar-refractivity contribution is 7.98. The van der Waals surface area contributed by atoms with Crippen molar-refractivity contribution >= 4 is 17.7 Å². The van der Waals surface area contributed by atoms with Crippen molar-refractivity contribution in [2.45, 2.75) is 24.8 Å². The molecule has 3 unspecified atom stereocenters. The normalized spacial score (nSPS) is 21.9. The Labute approximate surface area is 127 Å². The molecule has 0 bridgehead atoms. The number of amides is 1. The van der Waals surface area contributed by atoms with Crippen LogP contribution in [0.25, 0.3) is 0 Å². The number of carbonyl (C=O) groups excluding carboxylic acids is 1. The number of aliphatic hydroxyl groups excluding tert-OH is 1. The fourth-order valence-corrected chi connectivity index (χ4v) is 3.18. The smallest absolute Gasteiger partial charge is 0.223 e. The van der Waals surface area contributed by atoms with Gasteiger partial charge < -0.3 is 10.4 Å². The average molecular weight is 315 g/mol. The van der Waals surface area contributed by atoms with Crippen LogP contribution in [0.4, 0.5) is 8.78 Å². The van der Waals surface area contributed by atoms with Crippen molar-refractivity contribution in [3.8, 4) is 0 Å². The van der Waals surface area contributed by atoms with E-state index in [0.717, 1.165) is 0 Å². The number of aliphatic hydroxyl groups is 1. The molecule has 21 heavy (non-hydrogen) atoms. The molecule has 1 aliphatic carbocycles. The van der Waals surface area contributed by atoms with E-state index >= 15 is 0 Å². The summed E-state index contributed by atoms with van der Waals surface area (Å²) in [6.45, 7) is 0.00153. The Bertz CT molecular complexity index is 486. The van der Waals surface area contributed by atoms with Crippen LogP contribution >= 0.6 is 11.8 Å². The van der Waals surface area contributed by atoms with Crippen molar-refractivity contribution in [1.82, 2.24) is 5.32 Å². The quantitative estimate of drug-likeness (QED) is 0.812. The molecule has 0 heterocycles. The summed E-state index contributed by atoms with van der Waals surface area (Å²) < 4.78 is 27.3. The Kier molecular flexibility index (Phi) is 5.58. The summed E-state index contributed by atoms with van der Waals surface area (Å²) in [5.74, 6) is -1.42. The van der Waals surface area contributed by atoms with Gasteiger partial charge in [-0.3, -0.25) is 4.79 Å². The average Bonchev–Trinajstić information content (AvgIpc) is 3.19. The number of rotatable bonds is 7. The summed E-state index contributed by atoms with van der Waals surface area (Å²) >= 11 is 1.58. The molecular weight excluding hydrogens is 296 g/mol. The minimum absolute atomic E-state index is 0.00153. The summed E-state index contributed by atoms with van der Waals surface area (Å²) in [5.41, 5.74) is 0.0150. The largest absolute Gasteiger partial charge is 0.396 e. The number of hydrogen-bond donors (Lipinski definition) is 2. The van der Waals surface area contributed by atoms with Crippen molar-refractivity contribution in [2.75, 3.05) is 18.6 Å². The molecule has 3 atom stereocenters. The molecule has 1 saturated carbocycles. The molecule has 1 amide bonds. The topological polar surface area (TPSA) is 49.3 Å². The molecule has 2 N–H and O–H groups in total. The number of benzene rings is 1. The maximum atomic E-state index is 13.7. The highest BCUT2D eigenvalue weighted by Gasteiger charge is 2.46. The fraction of sp³-hybridized carbons (Fsp3) is 0.533. The molecule has 1 aliphatic rings. The van der Waals surface area contributed by atoms with Gasteiger partial charge in [0.2, 0.25) is 5.91 Å². The van der Waals surface area contributed by atoms with E-state index in [1.807, 2.05) is 6.26 Å². The number of carbonyl (C=O) groups is 1. The van der Waals surface area contributed by atoms with Gasteiger partial charge in [-0.15, -0.1) is 0 Å². The minimum atomic E-state index is -0.591. The van der Waals surface area contributed by atoms with E-state index in [1.165, 1.54) is 18.2 Å². The monoisotopic (exact) mass is 315 g/mol. The van der Waals surface area contributed by atoms with Crippen molar-refractivity contribution in [2.24, 2.45) is 5.92 Å². The predicted molar refractivity (Wildman–Crippen MR) is 79.2 cm³/mol. The van der Waals surface area contributed by atoms with Crippen LogP contribution in [0.5, 0.6) is 0 Å². The third-order valence-electron chi connectivity index (χ3n) is 3.69. The first-order chi connectivity index (χ1) is 10.1. The summed E-state index contributed by atoms with van der Waals surface area (Å²) in [6.07, 6.45) is 2.87. The van der Waals surface area contributed by atoms with E-state index < -0.39 is 11.6 Å². The van der Waals surface area contributed by atoms with Crippen molar-refractivity contribution in [3.63, 3.8) is 0 Å². The van der Waals surface area contributed by atoms with Crippen LogP contribution in [-0.2, 0) is 4.79 Å². The zero-order valence-corrected chi connectivity index (χ0v) is 12.6. The lowest BCUT2D eigenvalue weighted by atomic mass is 10.1. The van der Waals surface area contributed by atoms with Gasteiger partial charge >= 0.3 is 0 Å². The zero-order valence-electron chi connectivity index (χ0n) is 11.8. The second kappa shape index (κ2) is 7.22. The van der Waals surface area contributed by atoms with Gasteiger partial charge in [0.05, 0.1) is 0 Å². The number of nitrogens with one attached hydrogen (secondary N) is 1. The van der Waals surface area contributed by atoms with E-state index in [4.69, 9.17) is 5.11 Å². The molecule has 0 radical (unpaired) electrons. The highest BCUT2D eigenvalue weighted by Crippen LogP contribution is 2.49. The van der Waals surface area contributed by atoms with E-state index in [9.17, 15) is 13.6 Å². The lowest BCUT2D eigenvalue weighted by Crippen LogP contribution is -2.38. The van der Waals surface area contributed by atoms with Gasteiger partial charge in [0, 0.05) is 35.8 Å². The number of halogens is 2. The molecule has 2 rings (SSSR count). The summed E-state index contributed by atoms with van der Waals surface area (Å²) in [5, 5.41) is 11.8. The Morgan fingerprint density at radius 3 is 2.71 bits per heavy atom. The molecule has 0 spiro atoms. The molecule has 0 aliphatic heterocycles. The Hall–Kier alpha value is -1.14. The standard InChI is InChI=1S/C15H19F2NO2S/c1-21-8-9(5-6-19)18-15(20)11-7-10(11)14-12(16)3-2-4-13(14)17/h2-4,9-11,19H,5-8H2,1H3,(H,18,20). The van der Waals surface area contributed by atoms with Gasteiger partial charge in [0.25, 0.3) is 0 Å². The van der Waals surface area contributed by atoms with Gasteiger partial charge in [-0.2, -0.15) is 11.8 Å². The lowest BCUT2D eigenvalue weighted by molar-refractivity contribution is -0.123. The van der Waals surface area contributed by atoms with Gasteiger partial charge in [0.1, 0.15) is 11.6 Å². The molecule has 3 nitrogen and oxygen atoms in total. The summed E-state index contributed by atoms with van der Waals surface area (Å²) in [4.78, 5) is 12.1. The van der Waals surface area contributed by atoms with E-state index in [-0.39, 0.29) is 36.0 Å². The molecule has 1 fully saturated rings. The third-order valence-corrected chi connectivity index (χ3v) is 4.43. The molecular formula is C15H19F2NO2S. The molecule has 6 heteroatoms. The molecule has 116 valence electrons. The number of thioether (sulfide) groups is 1. The Balaban J connectivity index is 1.97. The van der Waals surface area contributed by atoms with Gasteiger partial charge in [0.15, 0.2) is 0 Å². The van der Waals surface area contributed by atoms with Crippen LogP contribution in [-0.4, -0.2) is 35.7 Å². The van der Waals surface area contributed by atoms with E-state index in [2.05, 4.69) is 5.32 Å². The molecule has 1 aromatic carbocycles. The SMILES string of the molecule is CSCC(CCO)NC(=O)C1CC1c1c(F)cccc1F. The van der Waals surface area contributed by atoms with Gasteiger partial charge in [-0.1, -0.05) is 6.07 Å². The predicted octanol–water partition coefficient (Wildman–Crippen LogP) is 2.30. The van der Waals surface area contributed by atoms with Crippen molar-refractivity contribution in [1.29, 1.82) is 0 Å². The van der Waals surface area contributed by atoms with Gasteiger partial charge in [-0.25, -0.2) is 8.78 Å². The summed E-state index contributed by atoms with van der Waals surface area (Å²) in [6, 6.07) is 3.65. The number of hydrogen-bond acceptors (Lipinski definition) is 3. The van der Waals surface area contributed by atoms with E-state index in [0.29, 0.717) is 18.6 Å². The molecule has 0 aromatic heterocycles. The zero-order chi connectivity index (χ0) is 15.4. The van der Waals surface area contributed by atoms with Crippen LogP contribution < -0.4 is 5.32 Å².